The van der Waals surface area contributed by atoms with Crippen molar-refractivity contribution in [2.45, 2.75) is 11.5 Å². The SMILES string of the molecule is O=C1C(c2ccccc2)C(c2ccccc2)(c2ccccc2)N1c1ncn[nH]1. The normalized spacial score (nSPS) is 17.9. The quantitative estimate of drug-likeness (QED) is 0.558. The number of anilines is 1. The third-order valence-electron chi connectivity index (χ3n) is 5.41. The lowest BCUT2D eigenvalue weighted by Crippen LogP contribution is -2.68. The van der Waals surface area contributed by atoms with Gasteiger partial charge in [0.15, 0.2) is 0 Å². The highest BCUT2D eigenvalue weighted by atomic mass is 16.2. The molecule has 1 amide bonds. The number of nitrogens with one attached hydrogen (secondary N) is 1. The predicted molar refractivity (Wildman–Crippen MR) is 107 cm³/mol. The van der Waals surface area contributed by atoms with Crippen molar-refractivity contribution >= 4 is 11.9 Å². The van der Waals surface area contributed by atoms with E-state index >= 15 is 0 Å². The molecule has 1 fully saturated rings. The lowest BCUT2D eigenvalue weighted by atomic mass is 9.62. The van der Waals surface area contributed by atoms with E-state index in [0.717, 1.165) is 16.7 Å². The summed E-state index contributed by atoms with van der Waals surface area (Å²) in [6.07, 6.45) is 1.43. The van der Waals surface area contributed by atoms with E-state index in [-0.39, 0.29) is 11.8 Å². The third-order valence-corrected chi connectivity index (χ3v) is 5.41. The van der Waals surface area contributed by atoms with Crippen molar-refractivity contribution in [1.82, 2.24) is 15.2 Å². The van der Waals surface area contributed by atoms with Gasteiger partial charge in [-0.1, -0.05) is 91.0 Å². The highest BCUT2D eigenvalue weighted by Crippen LogP contribution is 2.56. The van der Waals surface area contributed by atoms with Crippen LogP contribution in [-0.2, 0) is 10.3 Å². The van der Waals surface area contributed by atoms with Gasteiger partial charge in [0.1, 0.15) is 11.9 Å². The van der Waals surface area contributed by atoms with Crippen LogP contribution in [0.4, 0.5) is 5.95 Å². The Bertz CT molecular complexity index is 1040. The summed E-state index contributed by atoms with van der Waals surface area (Å²) in [4.78, 5) is 19.5. The van der Waals surface area contributed by atoms with E-state index in [9.17, 15) is 4.79 Å². The van der Waals surface area contributed by atoms with Gasteiger partial charge in [0.2, 0.25) is 11.9 Å². The van der Waals surface area contributed by atoms with Crippen molar-refractivity contribution in [3.63, 3.8) is 0 Å². The Labute approximate surface area is 162 Å². The van der Waals surface area contributed by atoms with Crippen molar-refractivity contribution in [2.24, 2.45) is 0 Å². The number of aromatic amines is 1. The molecule has 1 atom stereocenters. The zero-order valence-electron chi connectivity index (χ0n) is 15.1. The second-order valence-corrected chi connectivity index (χ2v) is 6.82. The number of benzene rings is 3. The molecule has 5 rings (SSSR count). The Morgan fingerprint density at radius 1 is 0.786 bits per heavy atom. The van der Waals surface area contributed by atoms with Crippen molar-refractivity contribution in [2.75, 3.05) is 4.90 Å². The predicted octanol–water partition coefficient (Wildman–Crippen LogP) is 3.88. The summed E-state index contributed by atoms with van der Waals surface area (Å²) in [7, 11) is 0. The molecular weight excluding hydrogens is 348 g/mol. The lowest BCUT2D eigenvalue weighted by Gasteiger charge is -2.57. The van der Waals surface area contributed by atoms with Crippen LogP contribution in [0.15, 0.2) is 97.3 Å². The molecule has 1 aliphatic rings. The third kappa shape index (κ3) is 2.23. The van der Waals surface area contributed by atoms with E-state index in [1.165, 1.54) is 6.33 Å². The summed E-state index contributed by atoms with van der Waals surface area (Å²) in [5.74, 6) is 0.0872. The van der Waals surface area contributed by atoms with Gasteiger partial charge in [-0.05, 0) is 16.7 Å². The molecule has 1 aromatic heterocycles. The molecule has 0 saturated carbocycles. The first-order chi connectivity index (χ1) is 13.8. The van der Waals surface area contributed by atoms with Crippen molar-refractivity contribution in [1.29, 1.82) is 0 Å². The van der Waals surface area contributed by atoms with E-state index in [1.54, 1.807) is 4.90 Å². The van der Waals surface area contributed by atoms with Crippen LogP contribution >= 0.6 is 0 Å². The van der Waals surface area contributed by atoms with Crippen molar-refractivity contribution in [3.05, 3.63) is 114 Å². The minimum Gasteiger partial charge on any atom is -0.274 e. The van der Waals surface area contributed by atoms with E-state index in [0.29, 0.717) is 5.95 Å². The van der Waals surface area contributed by atoms with Gasteiger partial charge in [-0.25, -0.2) is 5.10 Å². The second kappa shape index (κ2) is 6.46. The Morgan fingerprint density at radius 3 is 1.82 bits per heavy atom. The Kier molecular flexibility index (Phi) is 3.79. The van der Waals surface area contributed by atoms with Gasteiger partial charge in [-0.2, -0.15) is 10.1 Å². The number of β-lactam (4-membered cyclic amide) rings is 1. The number of carbonyl (C=O) groups is 1. The maximum absolute atomic E-state index is 13.5. The average molecular weight is 366 g/mol. The smallest absolute Gasteiger partial charge is 0.241 e. The first kappa shape index (κ1) is 16.4. The number of aromatic nitrogens is 3. The molecule has 5 nitrogen and oxygen atoms in total. The fourth-order valence-corrected chi connectivity index (χ4v) is 4.29. The van der Waals surface area contributed by atoms with Gasteiger partial charge < -0.3 is 0 Å². The number of rotatable bonds is 4. The van der Waals surface area contributed by atoms with Gasteiger partial charge in [0.25, 0.3) is 0 Å². The van der Waals surface area contributed by atoms with Gasteiger partial charge in [-0.15, -0.1) is 0 Å². The number of hydrogen-bond acceptors (Lipinski definition) is 3. The minimum absolute atomic E-state index is 0.00402. The van der Waals surface area contributed by atoms with Gasteiger partial charge >= 0.3 is 0 Å². The molecule has 2 heterocycles. The summed E-state index contributed by atoms with van der Waals surface area (Å²) in [6.45, 7) is 0. The van der Waals surface area contributed by atoms with E-state index in [2.05, 4.69) is 39.4 Å². The van der Waals surface area contributed by atoms with E-state index in [1.807, 2.05) is 66.7 Å². The van der Waals surface area contributed by atoms with Crippen LogP contribution in [0.5, 0.6) is 0 Å². The molecule has 4 aromatic rings. The monoisotopic (exact) mass is 366 g/mol. The van der Waals surface area contributed by atoms with Crippen LogP contribution in [0.2, 0.25) is 0 Å². The molecule has 0 bridgehead atoms. The van der Waals surface area contributed by atoms with Gasteiger partial charge in [-0.3, -0.25) is 9.69 Å². The largest absolute Gasteiger partial charge is 0.274 e. The Morgan fingerprint density at radius 2 is 1.32 bits per heavy atom. The van der Waals surface area contributed by atoms with Crippen LogP contribution in [0.25, 0.3) is 0 Å². The zero-order valence-corrected chi connectivity index (χ0v) is 15.1. The van der Waals surface area contributed by atoms with Crippen LogP contribution < -0.4 is 4.90 Å². The Balaban J connectivity index is 1.82. The molecule has 28 heavy (non-hydrogen) atoms. The molecule has 136 valence electrons. The molecule has 0 radical (unpaired) electrons. The van der Waals surface area contributed by atoms with Gasteiger partial charge in [0, 0.05) is 0 Å². The van der Waals surface area contributed by atoms with Crippen molar-refractivity contribution in [3.8, 4) is 0 Å². The molecule has 1 saturated heterocycles. The fourth-order valence-electron chi connectivity index (χ4n) is 4.29. The minimum atomic E-state index is -0.708. The van der Waals surface area contributed by atoms with Crippen LogP contribution in [0, 0.1) is 0 Å². The van der Waals surface area contributed by atoms with E-state index < -0.39 is 5.54 Å². The molecule has 1 unspecified atom stereocenters. The summed E-state index contributed by atoms with van der Waals surface area (Å²) < 4.78 is 0. The first-order valence-electron chi connectivity index (χ1n) is 9.19. The van der Waals surface area contributed by atoms with E-state index in [4.69, 9.17) is 0 Å². The van der Waals surface area contributed by atoms with Crippen LogP contribution in [0.3, 0.4) is 0 Å². The highest BCUT2D eigenvalue weighted by Gasteiger charge is 2.64. The lowest BCUT2D eigenvalue weighted by molar-refractivity contribution is -0.129. The molecule has 1 N–H and O–H groups in total. The summed E-state index contributed by atoms with van der Waals surface area (Å²) in [5, 5.41) is 6.86. The molecule has 5 heteroatoms. The highest BCUT2D eigenvalue weighted by molar-refractivity contribution is 6.09. The van der Waals surface area contributed by atoms with Crippen LogP contribution in [0.1, 0.15) is 22.6 Å². The molecule has 0 aliphatic carbocycles. The van der Waals surface area contributed by atoms with Gasteiger partial charge in [0.05, 0.1) is 5.92 Å². The molecule has 3 aromatic carbocycles. The number of nitrogens with zero attached hydrogens (tertiary/aromatic N) is 3. The first-order valence-corrected chi connectivity index (χ1v) is 9.19. The molecular formula is C23H18N4O. The second-order valence-electron chi connectivity index (χ2n) is 6.82. The number of amides is 1. The summed E-state index contributed by atoms with van der Waals surface area (Å²) >= 11 is 0. The number of H-pyrrole nitrogens is 1. The summed E-state index contributed by atoms with van der Waals surface area (Å²) in [6, 6.07) is 30.2. The fraction of sp³-hybridized carbons (Fsp3) is 0.0870. The average Bonchev–Trinajstić information content (AvgIpc) is 3.27. The van der Waals surface area contributed by atoms with Crippen molar-refractivity contribution < 1.29 is 4.79 Å². The number of hydrogen-bond donors (Lipinski definition) is 1. The number of carbonyl (C=O) groups excluding carboxylic acids is 1. The maximum atomic E-state index is 13.5. The molecule has 0 spiro atoms. The molecule has 1 aliphatic heterocycles. The Hall–Kier alpha value is -3.73. The maximum Gasteiger partial charge on any atom is 0.241 e. The zero-order chi connectivity index (χ0) is 19.0. The topological polar surface area (TPSA) is 61.9 Å². The standard InChI is InChI=1S/C23H18N4O/c28-21-20(17-10-4-1-5-11-17)23(18-12-6-2-7-13-18,19-14-8-3-9-15-19)27(21)22-24-16-25-26-22/h1-16,20H,(H,24,25,26). The summed E-state index contributed by atoms with van der Waals surface area (Å²) in [5.41, 5.74) is 2.34. The van der Waals surface area contributed by atoms with Crippen LogP contribution in [-0.4, -0.2) is 21.1 Å².